The van der Waals surface area contributed by atoms with Crippen LogP contribution in [0.15, 0.2) is 23.1 Å². The van der Waals surface area contributed by atoms with Crippen LogP contribution in [-0.2, 0) is 19.6 Å². The average Bonchev–Trinajstić information content (AvgIpc) is 2.36. The van der Waals surface area contributed by atoms with Gasteiger partial charge in [-0.15, -0.1) is 0 Å². The van der Waals surface area contributed by atoms with Crippen LogP contribution in [0.25, 0.3) is 0 Å². The summed E-state index contributed by atoms with van der Waals surface area (Å²) in [4.78, 5) is 10.3. The molecule has 0 fully saturated rings. The maximum Gasteiger partial charge on any atom is 0.321 e. The van der Waals surface area contributed by atoms with Gasteiger partial charge in [0.1, 0.15) is 17.4 Å². The Kier molecular flexibility index (Phi) is 5.54. The Morgan fingerprint density at radius 3 is 2.70 bits per heavy atom. The number of hydrogen-bond acceptors (Lipinski definition) is 5. The second kappa shape index (κ2) is 6.73. The van der Waals surface area contributed by atoms with E-state index in [2.05, 4.69) is 17.0 Å². The van der Waals surface area contributed by atoms with Gasteiger partial charge in [0.25, 0.3) is 0 Å². The lowest BCUT2D eigenvalue weighted by atomic mass is 10.2. The van der Waals surface area contributed by atoms with Crippen molar-refractivity contribution in [3.63, 3.8) is 0 Å². The maximum absolute atomic E-state index is 13.6. The first kappa shape index (κ1) is 16.5. The molecule has 1 aromatic rings. The molecule has 0 aliphatic rings. The number of halogens is 1. The molecule has 0 saturated heterocycles. The Morgan fingerprint density at radius 1 is 1.50 bits per heavy atom. The molecule has 9 heteroatoms. The lowest BCUT2D eigenvalue weighted by Crippen LogP contribution is -2.32. The Bertz CT molecular complexity index is 631. The molecule has 20 heavy (non-hydrogen) atoms. The topological polar surface area (TPSA) is 98.5 Å². The van der Waals surface area contributed by atoms with Crippen molar-refractivity contribution in [2.24, 2.45) is 5.73 Å². The normalized spacial score (nSPS) is 11.1. The number of esters is 1. The van der Waals surface area contributed by atoms with E-state index in [4.69, 9.17) is 5.73 Å². The molecular weight excluding hydrogens is 307 g/mol. The van der Waals surface area contributed by atoms with Gasteiger partial charge in [-0.1, -0.05) is 18.3 Å². The van der Waals surface area contributed by atoms with Crippen LogP contribution in [0.3, 0.4) is 0 Å². The summed E-state index contributed by atoms with van der Waals surface area (Å²) in [6.07, 6.45) is 0. The van der Waals surface area contributed by atoms with E-state index in [1.807, 2.05) is 4.72 Å². The summed E-state index contributed by atoms with van der Waals surface area (Å²) in [5.74, 6) is -1.60. The van der Waals surface area contributed by atoms with Gasteiger partial charge < -0.3 is 10.5 Å². The van der Waals surface area contributed by atoms with Crippen molar-refractivity contribution in [1.29, 1.82) is 0 Å². The molecule has 1 aromatic carbocycles. The number of carbonyl (C=O) groups excluding carboxylic acids is 1. The Labute approximate surface area is 121 Å². The van der Waals surface area contributed by atoms with E-state index in [9.17, 15) is 17.6 Å². The molecule has 0 amide bonds. The highest BCUT2D eigenvalue weighted by atomic mass is 32.2. The lowest BCUT2D eigenvalue weighted by Gasteiger charge is -2.11. The number of nitrogens with two attached hydrogens (primary N) is 1. The van der Waals surface area contributed by atoms with Crippen LogP contribution in [0, 0.1) is 5.82 Å². The number of thiocarbonyl (C=S) groups is 1. The van der Waals surface area contributed by atoms with E-state index in [1.54, 1.807) is 6.92 Å². The van der Waals surface area contributed by atoms with Crippen molar-refractivity contribution in [3.05, 3.63) is 29.6 Å². The quantitative estimate of drug-likeness (QED) is 0.578. The van der Waals surface area contributed by atoms with Crippen molar-refractivity contribution in [2.45, 2.75) is 11.8 Å². The fraction of sp³-hybridized carbons (Fsp3) is 0.273. The van der Waals surface area contributed by atoms with E-state index in [0.29, 0.717) is 0 Å². The van der Waals surface area contributed by atoms with Gasteiger partial charge in [-0.25, -0.2) is 12.8 Å². The van der Waals surface area contributed by atoms with Crippen molar-refractivity contribution in [2.75, 3.05) is 13.2 Å². The summed E-state index contributed by atoms with van der Waals surface area (Å²) in [7, 11) is -4.13. The summed E-state index contributed by atoms with van der Waals surface area (Å²) in [6.45, 7) is 1.14. The molecule has 0 bridgehead atoms. The monoisotopic (exact) mass is 320 g/mol. The minimum atomic E-state index is -4.13. The van der Waals surface area contributed by atoms with E-state index in [0.717, 1.165) is 12.1 Å². The van der Waals surface area contributed by atoms with Crippen LogP contribution in [-0.4, -0.2) is 32.5 Å². The Balaban J connectivity index is 3.08. The minimum Gasteiger partial charge on any atom is -0.465 e. The van der Waals surface area contributed by atoms with Crippen LogP contribution in [0.5, 0.6) is 0 Å². The summed E-state index contributed by atoms with van der Waals surface area (Å²) in [5.41, 5.74) is 4.93. The van der Waals surface area contributed by atoms with Crippen molar-refractivity contribution in [1.82, 2.24) is 4.72 Å². The summed E-state index contributed by atoms with van der Waals surface area (Å²) in [6, 6.07) is 3.39. The predicted molar refractivity (Wildman–Crippen MR) is 74.1 cm³/mol. The smallest absolute Gasteiger partial charge is 0.321 e. The first-order valence-corrected chi connectivity index (χ1v) is 7.42. The predicted octanol–water partition coefficient (Wildman–Crippen LogP) is 0.301. The molecule has 3 N–H and O–H groups in total. The van der Waals surface area contributed by atoms with Gasteiger partial charge in [-0.3, -0.25) is 4.79 Å². The third kappa shape index (κ3) is 3.95. The van der Waals surface area contributed by atoms with Gasteiger partial charge in [0.15, 0.2) is 0 Å². The number of ether oxygens (including phenoxy) is 1. The van der Waals surface area contributed by atoms with Crippen LogP contribution in [0.1, 0.15) is 12.5 Å². The Morgan fingerprint density at radius 2 is 2.15 bits per heavy atom. The van der Waals surface area contributed by atoms with Crippen molar-refractivity contribution >= 4 is 33.2 Å². The molecule has 6 nitrogen and oxygen atoms in total. The highest BCUT2D eigenvalue weighted by molar-refractivity contribution is 7.89. The summed E-state index contributed by atoms with van der Waals surface area (Å²) in [5, 5.41) is 0. The van der Waals surface area contributed by atoms with Gasteiger partial charge >= 0.3 is 5.97 Å². The van der Waals surface area contributed by atoms with Crippen LogP contribution in [0.2, 0.25) is 0 Å². The van der Waals surface area contributed by atoms with E-state index < -0.39 is 33.3 Å². The molecule has 0 spiro atoms. The van der Waals surface area contributed by atoms with E-state index >= 15 is 0 Å². The largest absolute Gasteiger partial charge is 0.465 e. The number of nitrogens with one attached hydrogen (secondary N) is 1. The Hall–Kier alpha value is -1.58. The zero-order chi connectivity index (χ0) is 15.3. The molecule has 0 heterocycles. The van der Waals surface area contributed by atoms with Crippen molar-refractivity contribution in [3.8, 4) is 0 Å². The SMILES string of the molecule is CCOC(=O)CNS(=O)(=O)c1cccc(F)c1C(N)=S. The van der Waals surface area contributed by atoms with Gasteiger partial charge in [-0.05, 0) is 19.1 Å². The minimum absolute atomic E-state index is 0.124. The first-order valence-electron chi connectivity index (χ1n) is 5.53. The highest BCUT2D eigenvalue weighted by Gasteiger charge is 2.23. The van der Waals surface area contributed by atoms with Gasteiger partial charge in [0.2, 0.25) is 10.0 Å². The summed E-state index contributed by atoms with van der Waals surface area (Å²) >= 11 is 4.64. The molecule has 0 saturated carbocycles. The zero-order valence-corrected chi connectivity index (χ0v) is 12.2. The third-order valence-corrected chi connectivity index (χ3v) is 3.87. The lowest BCUT2D eigenvalue weighted by molar-refractivity contribution is -0.141. The van der Waals surface area contributed by atoms with E-state index in [1.165, 1.54) is 6.07 Å². The molecule has 110 valence electrons. The number of rotatable bonds is 6. The standard InChI is InChI=1S/C11H13FN2O4S2/c1-2-18-9(15)6-14-20(16,17)8-5-3-4-7(12)10(8)11(13)19/h3-5,14H,2,6H2,1H3,(H2,13,19). The summed E-state index contributed by atoms with van der Waals surface area (Å²) < 4.78 is 44.2. The molecule has 1 rings (SSSR count). The molecule has 0 aliphatic heterocycles. The molecular formula is C11H13FN2O4S2. The van der Waals surface area contributed by atoms with Crippen LogP contribution >= 0.6 is 12.2 Å². The van der Waals surface area contributed by atoms with Gasteiger partial charge in [-0.2, -0.15) is 4.72 Å². The third-order valence-electron chi connectivity index (χ3n) is 2.22. The number of carbonyl (C=O) groups is 1. The average molecular weight is 320 g/mol. The molecule has 0 atom stereocenters. The molecule has 0 aliphatic carbocycles. The van der Waals surface area contributed by atoms with Crippen molar-refractivity contribution < 1.29 is 22.3 Å². The highest BCUT2D eigenvalue weighted by Crippen LogP contribution is 2.18. The first-order chi connectivity index (χ1) is 9.29. The van der Waals surface area contributed by atoms with Gasteiger partial charge in [0.05, 0.1) is 17.1 Å². The van der Waals surface area contributed by atoms with Gasteiger partial charge in [0, 0.05) is 0 Å². The molecule has 0 unspecified atom stereocenters. The second-order valence-electron chi connectivity index (χ2n) is 3.61. The maximum atomic E-state index is 13.6. The van der Waals surface area contributed by atoms with E-state index in [-0.39, 0.29) is 17.2 Å². The molecule has 0 radical (unpaired) electrons. The molecule has 0 aromatic heterocycles. The number of benzene rings is 1. The number of sulfonamides is 1. The second-order valence-corrected chi connectivity index (χ2v) is 5.78. The van der Waals surface area contributed by atoms with Crippen LogP contribution in [0.4, 0.5) is 4.39 Å². The fourth-order valence-corrected chi connectivity index (χ4v) is 2.88. The van der Waals surface area contributed by atoms with Crippen LogP contribution < -0.4 is 10.5 Å². The fourth-order valence-electron chi connectivity index (χ4n) is 1.41. The zero-order valence-electron chi connectivity index (χ0n) is 10.6. The number of hydrogen-bond donors (Lipinski definition) is 2.